The van der Waals surface area contributed by atoms with Crippen LogP contribution in [0.25, 0.3) is 0 Å². The van der Waals surface area contributed by atoms with E-state index < -0.39 is 36.2 Å². The van der Waals surface area contributed by atoms with Crippen molar-refractivity contribution in [3.05, 3.63) is 11.8 Å². The molecule has 4 amide bonds. The van der Waals surface area contributed by atoms with Crippen molar-refractivity contribution in [2.24, 2.45) is 0 Å². The molecule has 0 aromatic heterocycles. The highest BCUT2D eigenvalue weighted by molar-refractivity contribution is 6.17. The first kappa shape index (κ1) is 16.5. The summed E-state index contributed by atoms with van der Waals surface area (Å²) >= 11 is 0. The molecule has 0 unspecified atom stereocenters. The van der Waals surface area contributed by atoms with Gasteiger partial charge in [0.05, 0.1) is 12.2 Å². The van der Waals surface area contributed by atoms with Crippen LogP contribution in [-0.4, -0.2) is 41.2 Å². The number of ether oxygens (including phenoxy) is 2. The predicted molar refractivity (Wildman–Crippen MR) is 69.4 cm³/mol. The largest absolute Gasteiger partial charge is 0.446 e. The number of carbonyl (C=O) groups is 4. The van der Waals surface area contributed by atoms with E-state index in [1.165, 1.54) is 0 Å². The number of amides is 4. The molecule has 0 atom stereocenters. The third-order valence-electron chi connectivity index (χ3n) is 2.04. The summed E-state index contributed by atoms with van der Waals surface area (Å²) in [4.78, 5) is 46.2. The summed E-state index contributed by atoms with van der Waals surface area (Å²) in [5.41, 5.74) is 1.71. The molecule has 0 saturated carbocycles. The standard InChI is InChI=1S/C12H17N3O6/c1-6(2)20-11(18)14-15(12(19)21-7(3)4)8-5-9(16)13-10(8)17/h5-7H,1-4H3,(H,14,18)(H,13,16,17). The monoisotopic (exact) mass is 299 g/mol. The van der Waals surface area contributed by atoms with Crippen molar-refractivity contribution in [2.45, 2.75) is 39.9 Å². The summed E-state index contributed by atoms with van der Waals surface area (Å²) in [6, 6.07) is 0. The van der Waals surface area contributed by atoms with Crippen molar-refractivity contribution in [1.82, 2.24) is 15.8 Å². The van der Waals surface area contributed by atoms with Gasteiger partial charge in [-0.15, -0.1) is 0 Å². The van der Waals surface area contributed by atoms with E-state index in [9.17, 15) is 19.2 Å². The first-order valence-electron chi connectivity index (χ1n) is 6.25. The van der Waals surface area contributed by atoms with Gasteiger partial charge in [0.2, 0.25) is 0 Å². The maximum atomic E-state index is 11.9. The highest BCUT2D eigenvalue weighted by atomic mass is 16.6. The van der Waals surface area contributed by atoms with Crippen LogP contribution in [0.3, 0.4) is 0 Å². The molecular formula is C12H17N3O6. The van der Waals surface area contributed by atoms with Crippen LogP contribution in [0.4, 0.5) is 9.59 Å². The molecule has 0 aromatic carbocycles. The van der Waals surface area contributed by atoms with Gasteiger partial charge in [-0.05, 0) is 27.7 Å². The lowest BCUT2D eigenvalue weighted by Gasteiger charge is -2.23. The van der Waals surface area contributed by atoms with Crippen LogP contribution in [0.2, 0.25) is 0 Å². The van der Waals surface area contributed by atoms with E-state index in [0.29, 0.717) is 5.01 Å². The van der Waals surface area contributed by atoms with Crippen LogP contribution in [0.1, 0.15) is 27.7 Å². The van der Waals surface area contributed by atoms with Gasteiger partial charge in [0.1, 0.15) is 5.70 Å². The van der Waals surface area contributed by atoms with E-state index in [1.54, 1.807) is 27.7 Å². The number of nitrogens with one attached hydrogen (secondary N) is 2. The van der Waals surface area contributed by atoms with Gasteiger partial charge in [-0.1, -0.05) is 0 Å². The fraction of sp³-hybridized carbons (Fsp3) is 0.500. The number of imide groups is 1. The first-order valence-corrected chi connectivity index (χ1v) is 6.25. The number of hydrazine groups is 1. The van der Waals surface area contributed by atoms with Crippen molar-refractivity contribution in [2.75, 3.05) is 0 Å². The van der Waals surface area contributed by atoms with Gasteiger partial charge < -0.3 is 9.47 Å². The average molecular weight is 299 g/mol. The molecule has 1 aliphatic rings. The second kappa shape index (κ2) is 6.73. The minimum atomic E-state index is -1.01. The van der Waals surface area contributed by atoms with Crippen molar-refractivity contribution < 1.29 is 28.7 Å². The summed E-state index contributed by atoms with van der Waals surface area (Å²) in [6.07, 6.45) is -2.01. The SMILES string of the molecule is CC(C)OC(=O)NN(C(=O)OC(C)C)C1=CC(=O)NC1=O. The molecule has 9 nitrogen and oxygen atoms in total. The molecule has 0 spiro atoms. The minimum Gasteiger partial charge on any atom is -0.446 e. The lowest BCUT2D eigenvalue weighted by atomic mass is 10.4. The Morgan fingerprint density at radius 2 is 1.71 bits per heavy atom. The topological polar surface area (TPSA) is 114 Å². The van der Waals surface area contributed by atoms with Crippen molar-refractivity contribution in [3.63, 3.8) is 0 Å². The van der Waals surface area contributed by atoms with Crippen LogP contribution in [0.15, 0.2) is 11.8 Å². The van der Waals surface area contributed by atoms with Crippen LogP contribution in [0.5, 0.6) is 0 Å². The molecule has 1 heterocycles. The van der Waals surface area contributed by atoms with Crippen LogP contribution in [-0.2, 0) is 19.1 Å². The van der Waals surface area contributed by atoms with Gasteiger partial charge in [0.25, 0.3) is 11.8 Å². The normalized spacial score (nSPS) is 13.9. The molecule has 0 aliphatic carbocycles. The summed E-state index contributed by atoms with van der Waals surface area (Å²) in [6.45, 7) is 6.41. The summed E-state index contributed by atoms with van der Waals surface area (Å²) in [7, 11) is 0. The second-order valence-corrected chi connectivity index (χ2v) is 4.68. The van der Waals surface area contributed by atoms with Crippen LogP contribution in [0, 0.1) is 0 Å². The number of rotatable bonds is 3. The van der Waals surface area contributed by atoms with E-state index in [2.05, 4.69) is 5.43 Å². The zero-order valence-corrected chi connectivity index (χ0v) is 12.1. The molecule has 1 aliphatic heterocycles. The van der Waals surface area contributed by atoms with Crippen LogP contribution >= 0.6 is 0 Å². The smallest absolute Gasteiger partial charge is 0.434 e. The van der Waals surface area contributed by atoms with Crippen molar-refractivity contribution in [1.29, 1.82) is 0 Å². The highest BCUT2D eigenvalue weighted by Crippen LogP contribution is 2.10. The number of hydrogen-bond donors (Lipinski definition) is 2. The molecular weight excluding hydrogens is 282 g/mol. The Labute approximate surface area is 121 Å². The molecule has 1 rings (SSSR count). The van der Waals surface area contributed by atoms with Gasteiger partial charge in [-0.2, -0.15) is 5.01 Å². The minimum absolute atomic E-state index is 0.355. The quantitative estimate of drug-likeness (QED) is 0.576. The molecule has 0 fully saturated rings. The molecule has 0 aromatic rings. The number of carbonyl (C=O) groups excluding carboxylic acids is 4. The van der Waals surface area contributed by atoms with Crippen molar-refractivity contribution >= 4 is 24.0 Å². The first-order chi connectivity index (χ1) is 9.70. The lowest BCUT2D eigenvalue weighted by molar-refractivity contribution is -0.124. The molecule has 9 heteroatoms. The maximum absolute atomic E-state index is 11.9. The van der Waals surface area contributed by atoms with Gasteiger partial charge in [-0.3, -0.25) is 14.9 Å². The third kappa shape index (κ3) is 4.79. The maximum Gasteiger partial charge on any atom is 0.434 e. The van der Waals surface area contributed by atoms with Crippen LogP contribution < -0.4 is 10.7 Å². The second-order valence-electron chi connectivity index (χ2n) is 4.68. The Morgan fingerprint density at radius 3 is 2.14 bits per heavy atom. The van der Waals surface area contributed by atoms with Gasteiger partial charge >= 0.3 is 12.2 Å². The fourth-order valence-corrected chi connectivity index (χ4v) is 1.36. The Hall–Kier alpha value is -2.58. The molecule has 116 valence electrons. The molecule has 0 saturated heterocycles. The summed E-state index contributed by atoms with van der Waals surface area (Å²) in [5.74, 6) is -1.53. The zero-order chi connectivity index (χ0) is 16.2. The fourth-order valence-electron chi connectivity index (χ4n) is 1.36. The lowest BCUT2D eigenvalue weighted by Crippen LogP contribution is -2.49. The number of hydrogen-bond acceptors (Lipinski definition) is 6. The third-order valence-corrected chi connectivity index (χ3v) is 2.04. The zero-order valence-electron chi connectivity index (χ0n) is 12.1. The molecule has 2 N–H and O–H groups in total. The molecule has 0 radical (unpaired) electrons. The average Bonchev–Trinajstić information content (AvgIpc) is 2.63. The summed E-state index contributed by atoms with van der Waals surface area (Å²) in [5, 5.41) is 2.49. The van der Waals surface area contributed by atoms with E-state index in [0.717, 1.165) is 6.08 Å². The summed E-state index contributed by atoms with van der Waals surface area (Å²) < 4.78 is 9.71. The Kier molecular flexibility index (Phi) is 5.28. The molecule has 0 bridgehead atoms. The Bertz CT molecular complexity index is 497. The highest BCUT2D eigenvalue weighted by Gasteiger charge is 2.33. The van der Waals surface area contributed by atoms with E-state index in [1.807, 2.05) is 5.32 Å². The van der Waals surface area contributed by atoms with Gasteiger partial charge in [-0.25, -0.2) is 15.0 Å². The Morgan fingerprint density at radius 1 is 1.14 bits per heavy atom. The van der Waals surface area contributed by atoms with Gasteiger partial charge in [0, 0.05) is 6.08 Å². The number of nitrogens with zero attached hydrogens (tertiary/aromatic N) is 1. The Balaban J connectivity index is 2.92. The van der Waals surface area contributed by atoms with E-state index >= 15 is 0 Å². The van der Waals surface area contributed by atoms with E-state index in [-0.39, 0.29) is 5.70 Å². The van der Waals surface area contributed by atoms with Gasteiger partial charge in [0.15, 0.2) is 0 Å². The molecule has 21 heavy (non-hydrogen) atoms. The van der Waals surface area contributed by atoms with E-state index in [4.69, 9.17) is 9.47 Å². The van der Waals surface area contributed by atoms with Crippen molar-refractivity contribution in [3.8, 4) is 0 Å². The predicted octanol–water partition coefficient (Wildman–Crippen LogP) is 0.423.